The minimum absolute atomic E-state index is 0.140. The first-order chi connectivity index (χ1) is 10.1. The van der Waals surface area contributed by atoms with Crippen molar-refractivity contribution in [1.82, 2.24) is 14.8 Å². The SMILES string of the molecule is CCCn1ncnc1CC(Cc1ccccc1F)C(=O)O. The molecule has 5 nitrogen and oxygen atoms in total. The van der Waals surface area contributed by atoms with E-state index in [0.717, 1.165) is 6.42 Å². The third kappa shape index (κ3) is 3.87. The number of nitrogens with zero attached hydrogens (tertiary/aromatic N) is 3. The van der Waals surface area contributed by atoms with Crippen LogP contribution in [0.3, 0.4) is 0 Å². The van der Waals surface area contributed by atoms with Crippen LogP contribution in [-0.2, 0) is 24.2 Å². The van der Waals surface area contributed by atoms with Crippen LogP contribution in [0.4, 0.5) is 4.39 Å². The molecule has 112 valence electrons. The first kappa shape index (κ1) is 15.2. The topological polar surface area (TPSA) is 68.0 Å². The van der Waals surface area contributed by atoms with Crippen molar-refractivity contribution in [3.63, 3.8) is 0 Å². The Balaban J connectivity index is 2.14. The van der Waals surface area contributed by atoms with E-state index in [4.69, 9.17) is 0 Å². The smallest absolute Gasteiger partial charge is 0.307 e. The third-order valence-corrected chi connectivity index (χ3v) is 3.33. The van der Waals surface area contributed by atoms with E-state index in [-0.39, 0.29) is 18.7 Å². The van der Waals surface area contributed by atoms with Crippen molar-refractivity contribution in [2.75, 3.05) is 0 Å². The molecule has 0 saturated heterocycles. The predicted molar refractivity (Wildman–Crippen MR) is 75.2 cm³/mol. The number of aromatic nitrogens is 3. The Bertz CT molecular complexity index is 612. The monoisotopic (exact) mass is 291 g/mol. The van der Waals surface area contributed by atoms with E-state index >= 15 is 0 Å². The highest BCUT2D eigenvalue weighted by atomic mass is 19.1. The summed E-state index contributed by atoms with van der Waals surface area (Å²) in [7, 11) is 0. The minimum Gasteiger partial charge on any atom is -0.481 e. The van der Waals surface area contributed by atoms with Gasteiger partial charge in [-0.15, -0.1) is 0 Å². The normalized spacial score (nSPS) is 12.3. The fraction of sp³-hybridized carbons (Fsp3) is 0.400. The highest BCUT2D eigenvalue weighted by Crippen LogP contribution is 2.16. The molecule has 0 fully saturated rings. The van der Waals surface area contributed by atoms with Gasteiger partial charge in [-0.05, 0) is 24.5 Å². The molecule has 21 heavy (non-hydrogen) atoms. The van der Waals surface area contributed by atoms with Crippen LogP contribution in [0.5, 0.6) is 0 Å². The van der Waals surface area contributed by atoms with Crippen molar-refractivity contribution in [3.8, 4) is 0 Å². The number of rotatable bonds is 7. The maximum atomic E-state index is 13.7. The summed E-state index contributed by atoms with van der Waals surface area (Å²) < 4.78 is 15.4. The van der Waals surface area contributed by atoms with E-state index in [0.29, 0.717) is 17.9 Å². The molecule has 1 heterocycles. The summed E-state index contributed by atoms with van der Waals surface area (Å²) in [4.78, 5) is 15.5. The minimum atomic E-state index is -0.954. The summed E-state index contributed by atoms with van der Waals surface area (Å²) >= 11 is 0. The molecule has 1 unspecified atom stereocenters. The molecule has 0 aliphatic carbocycles. The summed E-state index contributed by atoms with van der Waals surface area (Å²) in [5.41, 5.74) is 0.409. The van der Waals surface area contributed by atoms with Crippen molar-refractivity contribution in [2.24, 2.45) is 5.92 Å². The lowest BCUT2D eigenvalue weighted by Crippen LogP contribution is -2.22. The first-order valence-corrected chi connectivity index (χ1v) is 6.94. The maximum Gasteiger partial charge on any atom is 0.307 e. The van der Waals surface area contributed by atoms with Crippen molar-refractivity contribution in [3.05, 3.63) is 47.8 Å². The molecule has 0 spiro atoms. The Labute approximate surface area is 122 Å². The van der Waals surface area contributed by atoms with Crippen LogP contribution in [0.2, 0.25) is 0 Å². The van der Waals surface area contributed by atoms with Crippen LogP contribution in [0.1, 0.15) is 24.7 Å². The van der Waals surface area contributed by atoms with E-state index in [1.165, 1.54) is 12.4 Å². The van der Waals surface area contributed by atoms with E-state index in [9.17, 15) is 14.3 Å². The quantitative estimate of drug-likeness (QED) is 0.850. The average Bonchev–Trinajstić information content (AvgIpc) is 2.88. The third-order valence-electron chi connectivity index (χ3n) is 3.33. The Kier molecular flexibility index (Phi) is 5.03. The number of aryl methyl sites for hydroxylation is 1. The molecule has 0 bridgehead atoms. The van der Waals surface area contributed by atoms with Crippen molar-refractivity contribution < 1.29 is 14.3 Å². The molecule has 1 aromatic carbocycles. The molecule has 2 aromatic rings. The van der Waals surface area contributed by atoms with Gasteiger partial charge in [-0.2, -0.15) is 5.10 Å². The summed E-state index contributed by atoms with van der Waals surface area (Å²) in [5.74, 6) is -1.43. The standard InChI is InChI=1S/C15H18FN3O2/c1-2-7-19-14(17-10-18-19)9-12(15(20)21)8-11-5-3-4-6-13(11)16/h3-6,10,12H,2,7-9H2,1H3,(H,20,21). The number of carboxylic acid groups (broad SMARTS) is 1. The molecule has 0 amide bonds. The van der Waals surface area contributed by atoms with Gasteiger partial charge in [0.2, 0.25) is 0 Å². The Morgan fingerprint density at radius 1 is 1.38 bits per heavy atom. The van der Waals surface area contributed by atoms with Gasteiger partial charge < -0.3 is 5.11 Å². The van der Waals surface area contributed by atoms with Crippen LogP contribution < -0.4 is 0 Å². The molecule has 1 aromatic heterocycles. The number of hydrogen-bond donors (Lipinski definition) is 1. The molecule has 1 N–H and O–H groups in total. The van der Waals surface area contributed by atoms with Gasteiger partial charge >= 0.3 is 5.97 Å². The largest absolute Gasteiger partial charge is 0.481 e. The predicted octanol–water partition coefficient (Wildman–Crippen LogP) is 2.31. The zero-order valence-electron chi connectivity index (χ0n) is 11.9. The number of carbonyl (C=O) groups is 1. The zero-order valence-corrected chi connectivity index (χ0v) is 11.9. The molecule has 0 saturated carbocycles. The van der Waals surface area contributed by atoms with Crippen LogP contribution in [0.15, 0.2) is 30.6 Å². The van der Waals surface area contributed by atoms with Gasteiger partial charge in [-0.25, -0.2) is 9.37 Å². The number of hydrogen-bond acceptors (Lipinski definition) is 3. The summed E-state index contributed by atoms with van der Waals surface area (Å²) in [6, 6.07) is 6.25. The lowest BCUT2D eigenvalue weighted by atomic mass is 9.95. The van der Waals surface area contributed by atoms with Crippen molar-refractivity contribution in [2.45, 2.75) is 32.7 Å². The molecule has 0 aliphatic heterocycles. The highest BCUT2D eigenvalue weighted by molar-refractivity contribution is 5.70. The number of carboxylic acids is 1. The van der Waals surface area contributed by atoms with Crippen LogP contribution >= 0.6 is 0 Å². The molecule has 0 radical (unpaired) electrons. The van der Waals surface area contributed by atoms with Gasteiger partial charge in [0, 0.05) is 13.0 Å². The number of halogens is 1. The lowest BCUT2D eigenvalue weighted by molar-refractivity contribution is -0.141. The summed E-state index contributed by atoms with van der Waals surface area (Å²) in [6.45, 7) is 2.71. The molecule has 1 atom stereocenters. The maximum absolute atomic E-state index is 13.7. The fourth-order valence-corrected chi connectivity index (χ4v) is 2.24. The second kappa shape index (κ2) is 6.97. The van der Waals surface area contributed by atoms with E-state index < -0.39 is 11.9 Å². The number of aliphatic carboxylic acids is 1. The van der Waals surface area contributed by atoms with Crippen molar-refractivity contribution >= 4 is 5.97 Å². The van der Waals surface area contributed by atoms with E-state index in [1.54, 1.807) is 22.9 Å². The molecular formula is C15H18FN3O2. The molecule has 2 rings (SSSR count). The van der Waals surface area contributed by atoms with Crippen LogP contribution in [0.25, 0.3) is 0 Å². The second-order valence-electron chi connectivity index (χ2n) is 4.93. The Hall–Kier alpha value is -2.24. The zero-order chi connectivity index (χ0) is 15.2. The Morgan fingerprint density at radius 3 is 2.81 bits per heavy atom. The van der Waals surface area contributed by atoms with Gasteiger partial charge in [0.05, 0.1) is 5.92 Å². The fourth-order valence-electron chi connectivity index (χ4n) is 2.24. The second-order valence-corrected chi connectivity index (χ2v) is 4.93. The van der Waals surface area contributed by atoms with Crippen LogP contribution in [-0.4, -0.2) is 25.8 Å². The van der Waals surface area contributed by atoms with E-state index in [1.807, 2.05) is 6.92 Å². The summed E-state index contributed by atoms with van der Waals surface area (Å²) in [6.07, 6.45) is 2.69. The van der Waals surface area contributed by atoms with Gasteiger partial charge in [0.1, 0.15) is 18.0 Å². The summed E-state index contributed by atoms with van der Waals surface area (Å²) in [5, 5.41) is 13.4. The van der Waals surface area contributed by atoms with Gasteiger partial charge in [-0.1, -0.05) is 25.1 Å². The molecule has 0 aliphatic rings. The molecular weight excluding hydrogens is 273 g/mol. The molecule has 6 heteroatoms. The first-order valence-electron chi connectivity index (χ1n) is 6.94. The average molecular weight is 291 g/mol. The van der Waals surface area contributed by atoms with Gasteiger partial charge in [0.15, 0.2) is 0 Å². The highest BCUT2D eigenvalue weighted by Gasteiger charge is 2.22. The van der Waals surface area contributed by atoms with Crippen LogP contribution in [0, 0.1) is 11.7 Å². The van der Waals surface area contributed by atoms with Gasteiger partial charge in [0.25, 0.3) is 0 Å². The Morgan fingerprint density at radius 2 is 2.14 bits per heavy atom. The lowest BCUT2D eigenvalue weighted by Gasteiger charge is -2.13. The van der Waals surface area contributed by atoms with E-state index in [2.05, 4.69) is 10.1 Å². The number of benzene rings is 1. The van der Waals surface area contributed by atoms with Gasteiger partial charge in [-0.3, -0.25) is 9.48 Å². The van der Waals surface area contributed by atoms with Crippen molar-refractivity contribution in [1.29, 1.82) is 0 Å².